The van der Waals surface area contributed by atoms with Crippen LogP contribution < -0.4 is 9.80 Å². The number of hydrogen-bond acceptors (Lipinski definition) is 7. The van der Waals surface area contributed by atoms with E-state index in [4.69, 9.17) is 4.98 Å². The molecule has 2 fully saturated rings. The number of anilines is 2. The van der Waals surface area contributed by atoms with Crippen LogP contribution in [0.15, 0.2) is 30.7 Å². The van der Waals surface area contributed by atoms with Crippen molar-refractivity contribution in [3.8, 4) is 0 Å². The van der Waals surface area contributed by atoms with Gasteiger partial charge in [-0.05, 0) is 37.8 Å². The minimum Gasteiger partial charge on any atom is -0.354 e. The lowest BCUT2D eigenvalue weighted by Gasteiger charge is -2.39. The first-order valence-corrected chi connectivity index (χ1v) is 12.7. The smallest absolute Gasteiger partial charge is 0.227 e. The fraction of sp³-hybridized carbons (Fsp3) is 0.560. The first-order chi connectivity index (χ1) is 16.8. The summed E-state index contributed by atoms with van der Waals surface area (Å²) in [5, 5.41) is 0. The number of imidazole rings is 1. The summed E-state index contributed by atoms with van der Waals surface area (Å²) in [6.45, 7) is 5.74. The number of nitrogens with zero attached hydrogens (tertiary/aromatic N) is 8. The summed E-state index contributed by atoms with van der Waals surface area (Å²) in [5.41, 5.74) is 1.84. The van der Waals surface area contributed by atoms with Crippen molar-refractivity contribution in [1.29, 1.82) is 0 Å². The first kappa shape index (κ1) is 21.3. The van der Waals surface area contributed by atoms with Gasteiger partial charge in [0.2, 0.25) is 5.91 Å². The van der Waals surface area contributed by atoms with Gasteiger partial charge in [0, 0.05) is 58.4 Å². The Balaban J connectivity index is 1.16. The number of fused-ring (bicyclic) bond motifs is 3. The Morgan fingerprint density at radius 1 is 0.882 bits per heavy atom. The molecule has 3 aromatic rings. The molecule has 178 valence electrons. The summed E-state index contributed by atoms with van der Waals surface area (Å²) < 4.78 is 2.28. The van der Waals surface area contributed by atoms with Gasteiger partial charge in [-0.1, -0.05) is 12.5 Å². The molecule has 3 aliphatic rings. The average Bonchev–Trinajstić information content (AvgIpc) is 3.09. The number of hydrogen-bond donors (Lipinski definition) is 0. The van der Waals surface area contributed by atoms with E-state index in [-0.39, 0.29) is 11.8 Å². The van der Waals surface area contributed by atoms with E-state index in [0.29, 0.717) is 6.54 Å². The zero-order valence-corrected chi connectivity index (χ0v) is 19.6. The highest BCUT2D eigenvalue weighted by atomic mass is 16.2. The number of amides is 1. The van der Waals surface area contributed by atoms with Crippen LogP contribution in [0.25, 0.3) is 11.2 Å². The predicted octanol–water partition coefficient (Wildman–Crippen LogP) is 2.51. The van der Waals surface area contributed by atoms with Gasteiger partial charge < -0.3 is 19.3 Å². The zero-order valence-electron chi connectivity index (χ0n) is 19.6. The molecule has 34 heavy (non-hydrogen) atoms. The fourth-order valence-corrected chi connectivity index (χ4v) is 5.68. The molecular formula is C25H32N8O. The van der Waals surface area contributed by atoms with Crippen LogP contribution in [0.5, 0.6) is 0 Å². The highest BCUT2D eigenvalue weighted by Crippen LogP contribution is 2.30. The van der Waals surface area contributed by atoms with Crippen molar-refractivity contribution in [2.24, 2.45) is 5.92 Å². The van der Waals surface area contributed by atoms with Crippen LogP contribution in [0.3, 0.4) is 0 Å². The molecule has 9 heteroatoms. The fourth-order valence-electron chi connectivity index (χ4n) is 5.68. The zero-order chi connectivity index (χ0) is 22.9. The van der Waals surface area contributed by atoms with E-state index in [2.05, 4.69) is 29.3 Å². The van der Waals surface area contributed by atoms with E-state index in [1.54, 1.807) is 6.33 Å². The van der Waals surface area contributed by atoms with Crippen LogP contribution >= 0.6 is 0 Å². The van der Waals surface area contributed by atoms with Crippen LogP contribution in [-0.2, 0) is 17.8 Å². The number of carbonyl (C=O) groups excluding carboxylic acids is 1. The molecule has 6 heterocycles. The van der Waals surface area contributed by atoms with Gasteiger partial charge in [0.1, 0.15) is 18.0 Å². The lowest BCUT2D eigenvalue weighted by molar-refractivity contribution is -0.136. The van der Waals surface area contributed by atoms with E-state index in [1.807, 2.05) is 29.3 Å². The van der Waals surface area contributed by atoms with Crippen molar-refractivity contribution in [3.63, 3.8) is 0 Å². The van der Waals surface area contributed by atoms with Crippen LogP contribution in [0.4, 0.5) is 11.6 Å². The van der Waals surface area contributed by atoms with Gasteiger partial charge in [-0.2, -0.15) is 0 Å². The molecule has 3 aliphatic heterocycles. The second-order valence-corrected chi connectivity index (χ2v) is 9.65. The molecule has 2 saturated heterocycles. The Bertz CT molecular complexity index is 1150. The molecule has 1 atom stereocenters. The number of carbonyl (C=O) groups is 1. The molecule has 0 aromatic carbocycles. The Morgan fingerprint density at radius 2 is 1.79 bits per heavy atom. The quantitative estimate of drug-likeness (QED) is 0.594. The summed E-state index contributed by atoms with van der Waals surface area (Å²) >= 11 is 0. The highest BCUT2D eigenvalue weighted by molar-refractivity contribution is 5.85. The molecule has 6 rings (SSSR count). The van der Waals surface area contributed by atoms with E-state index in [9.17, 15) is 4.79 Å². The van der Waals surface area contributed by atoms with Gasteiger partial charge in [-0.25, -0.2) is 19.9 Å². The van der Waals surface area contributed by atoms with Crippen molar-refractivity contribution >= 4 is 28.7 Å². The summed E-state index contributed by atoms with van der Waals surface area (Å²) in [5.74, 6) is 3.29. The van der Waals surface area contributed by atoms with Crippen LogP contribution in [0, 0.1) is 5.92 Å². The van der Waals surface area contributed by atoms with Crippen molar-refractivity contribution in [2.75, 3.05) is 49.1 Å². The van der Waals surface area contributed by atoms with Gasteiger partial charge >= 0.3 is 0 Å². The van der Waals surface area contributed by atoms with E-state index < -0.39 is 0 Å². The van der Waals surface area contributed by atoms with Gasteiger partial charge in [0.15, 0.2) is 17.0 Å². The van der Waals surface area contributed by atoms with Crippen molar-refractivity contribution in [2.45, 2.75) is 45.1 Å². The monoisotopic (exact) mass is 460 g/mol. The lowest BCUT2D eigenvalue weighted by atomic mass is 9.96. The molecule has 1 amide bonds. The van der Waals surface area contributed by atoms with Crippen molar-refractivity contribution in [1.82, 2.24) is 29.4 Å². The topological polar surface area (TPSA) is 83.3 Å². The van der Waals surface area contributed by atoms with Crippen LogP contribution in [0.2, 0.25) is 0 Å². The third kappa shape index (κ3) is 3.97. The predicted molar refractivity (Wildman–Crippen MR) is 131 cm³/mol. The number of aryl methyl sites for hydroxylation is 2. The Labute approximate surface area is 199 Å². The molecule has 9 nitrogen and oxygen atoms in total. The van der Waals surface area contributed by atoms with Crippen molar-refractivity contribution in [3.05, 3.63) is 36.5 Å². The summed E-state index contributed by atoms with van der Waals surface area (Å²) in [6.07, 6.45) is 10.0. The minimum atomic E-state index is 0.000560. The van der Waals surface area contributed by atoms with Gasteiger partial charge in [0.05, 0.1) is 5.92 Å². The van der Waals surface area contributed by atoms with Gasteiger partial charge in [0.25, 0.3) is 0 Å². The third-order valence-electron chi connectivity index (χ3n) is 7.51. The lowest BCUT2D eigenvalue weighted by Crippen LogP contribution is -2.52. The van der Waals surface area contributed by atoms with Gasteiger partial charge in [-0.15, -0.1) is 0 Å². The summed E-state index contributed by atoms with van der Waals surface area (Å²) in [4.78, 5) is 38.7. The standard InChI is InChI=1S/C25H32N8O/c34-25(31-15-13-30(14-16-31)20-8-3-4-10-26-20)19-7-6-11-32(17-19)23-22-24(28-18-27-23)33-12-5-1-2-9-21(33)29-22/h3-4,8,10,18-19H,1-2,5-7,9,11-17H2/t19-/m0/s1. The second kappa shape index (κ2) is 9.19. The SMILES string of the molecule is O=C([C@H]1CCCN(c2ncnc3c2nc2n3CCCCC2)C1)N1CCN(c2ccccn2)CC1. The molecule has 0 unspecified atom stereocenters. The van der Waals surface area contributed by atoms with Crippen LogP contribution in [-0.4, -0.2) is 74.6 Å². The number of aromatic nitrogens is 5. The molecule has 0 bridgehead atoms. The number of piperidine rings is 1. The maximum absolute atomic E-state index is 13.4. The van der Waals surface area contributed by atoms with E-state index >= 15 is 0 Å². The number of piperazine rings is 1. The maximum Gasteiger partial charge on any atom is 0.227 e. The largest absolute Gasteiger partial charge is 0.354 e. The normalized spacial score (nSPS) is 21.4. The first-order valence-electron chi connectivity index (χ1n) is 12.7. The van der Waals surface area contributed by atoms with E-state index in [0.717, 1.165) is 87.2 Å². The highest BCUT2D eigenvalue weighted by Gasteiger charge is 2.33. The molecule has 3 aromatic heterocycles. The minimum absolute atomic E-state index is 0.000560. The molecular weight excluding hydrogens is 428 g/mol. The molecule has 0 spiro atoms. The van der Waals surface area contributed by atoms with Crippen molar-refractivity contribution < 1.29 is 4.79 Å². The van der Waals surface area contributed by atoms with Gasteiger partial charge in [-0.3, -0.25) is 4.79 Å². The molecule has 0 N–H and O–H groups in total. The second-order valence-electron chi connectivity index (χ2n) is 9.65. The molecule has 0 aliphatic carbocycles. The summed E-state index contributed by atoms with van der Waals surface area (Å²) in [7, 11) is 0. The Hall–Kier alpha value is -3.23. The number of pyridine rings is 1. The number of rotatable bonds is 3. The van der Waals surface area contributed by atoms with Crippen LogP contribution in [0.1, 0.15) is 37.9 Å². The Kier molecular flexibility index (Phi) is 5.76. The Morgan fingerprint density at radius 3 is 2.65 bits per heavy atom. The third-order valence-corrected chi connectivity index (χ3v) is 7.51. The average molecular weight is 461 g/mol. The van der Waals surface area contributed by atoms with E-state index in [1.165, 1.54) is 19.3 Å². The summed E-state index contributed by atoms with van der Waals surface area (Å²) in [6, 6.07) is 5.98. The maximum atomic E-state index is 13.4. The molecule has 0 saturated carbocycles. The molecule has 0 radical (unpaired) electrons.